The van der Waals surface area contributed by atoms with Crippen LogP contribution in [0.1, 0.15) is 28.6 Å². The van der Waals surface area contributed by atoms with Gasteiger partial charge in [0.25, 0.3) is 0 Å². The van der Waals surface area contributed by atoms with E-state index in [1.807, 2.05) is 36.4 Å². The van der Waals surface area contributed by atoms with Gasteiger partial charge in [-0.3, -0.25) is 0 Å². The highest BCUT2D eigenvalue weighted by molar-refractivity contribution is 9.10. The maximum atomic E-state index is 12.3. The number of hydrogen-bond acceptors (Lipinski definition) is 5. The third-order valence-electron chi connectivity index (χ3n) is 4.97. The van der Waals surface area contributed by atoms with Gasteiger partial charge in [-0.15, -0.1) is 0 Å². The van der Waals surface area contributed by atoms with Crippen molar-refractivity contribution in [2.75, 3.05) is 13.7 Å². The van der Waals surface area contributed by atoms with Crippen molar-refractivity contribution >= 4 is 43.6 Å². The summed E-state index contributed by atoms with van der Waals surface area (Å²) in [7, 11) is 1.65. The molecule has 0 unspecified atom stereocenters. The van der Waals surface area contributed by atoms with E-state index >= 15 is 0 Å². The van der Waals surface area contributed by atoms with Gasteiger partial charge in [-0.2, -0.15) is 0 Å². The zero-order chi connectivity index (χ0) is 21.3. The average Bonchev–Trinajstić information content (AvgIpc) is 3.06. The van der Waals surface area contributed by atoms with E-state index < -0.39 is 5.97 Å². The van der Waals surface area contributed by atoms with E-state index in [2.05, 4.69) is 22.0 Å². The number of rotatable bonds is 6. The van der Waals surface area contributed by atoms with Crippen LogP contribution in [-0.2, 0) is 11.3 Å². The molecule has 4 rings (SSSR count). The summed E-state index contributed by atoms with van der Waals surface area (Å²) in [5, 5.41) is 2.83. The number of ether oxygens (including phenoxy) is 3. The van der Waals surface area contributed by atoms with Gasteiger partial charge in [0.15, 0.2) is 0 Å². The molecule has 0 bridgehead atoms. The van der Waals surface area contributed by atoms with Crippen molar-refractivity contribution in [3.63, 3.8) is 0 Å². The van der Waals surface area contributed by atoms with Crippen LogP contribution in [0.15, 0.2) is 57.4 Å². The lowest BCUT2D eigenvalue weighted by atomic mass is 10.0. The largest absolute Gasteiger partial charge is 0.496 e. The fraction of sp³-hybridized carbons (Fsp3) is 0.208. The van der Waals surface area contributed by atoms with E-state index in [9.17, 15) is 4.79 Å². The van der Waals surface area contributed by atoms with Crippen molar-refractivity contribution < 1.29 is 23.4 Å². The quantitative estimate of drug-likeness (QED) is 0.305. The molecule has 0 aliphatic carbocycles. The van der Waals surface area contributed by atoms with Gasteiger partial charge in [-0.25, -0.2) is 4.79 Å². The zero-order valence-electron chi connectivity index (χ0n) is 17.0. The minimum Gasteiger partial charge on any atom is -0.496 e. The van der Waals surface area contributed by atoms with Crippen LogP contribution in [0.2, 0.25) is 0 Å². The second kappa shape index (κ2) is 8.40. The Morgan fingerprint density at radius 2 is 1.90 bits per heavy atom. The Kier molecular flexibility index (Phi) is 5.68. The average molecular weight is 469 g/mol. The van der Waals surface area contributed by atoms with Crippen LogP contribution in [0.5, 0.6) is 11.5 Å². The van der Waals surface area contributed by atoms with Crippen LogP contribution in [0.3, 0.4) is 0 Å². The lowest BCUT2D eigenvalue weighted by molar-refractivity contribution is 0.0526. The van der Waals surface area contributed by atoms with Gasteiger partial charge in [-0.05, 0) is 61.0 Å². The van der Waals surface area contributed by atoms with Crippen molar-refractivity contribution in [2.24, 2.45) is 0 Å². The Hall–Kier alpha value is -2.99. The first-order valence-corrected chi connectivity index (χ1v) is 10.4. The van der Waals surface area contributed by atoms with Crippen LogP contribution in [0.4, 0.5) is 0 Å². The number of carbonyl (C=O) groups excluding carboxylic acids is 1. The molecule has 0 saturated carbocycles. The van der Waals surface area contributed by atoms with E-state index in [0.717, 1.165) is 26.6 Å². The minimum absolute atomic E-state index is 0.304. The Bertz CT molecular complexity index is 1240. The van der Waals surface area contributed by atoms with Crippen molar-refractivity contribution in [1.82, 2.24) is 0 Å². The first-order chi connectivity index (χ1) is 14.5. The van der Waals surface area contributed by atoms with Gasteiger partial charge in [0.2, 0.25) is 0 Å². The smallest absolute Gasteiger partial charge is 0.342 e. The van der Waals surface area contributed by atoms with Crippen molar-refractivity contribution in [2.45, 2.75) is 20.5 Å². The van der Waals surface area contributed by atoms with Gasteiger partial charge in [0.05, 0.1) is 13.7 Å². The molecular weight excluding hydrogens is 448 g/mol. The number of carbonyl (C=O) groups is 1. The summed E-state index contributed by atoms with van der Waals surface area (Å²) in [6.07, 6.45) is 0. The molecule has 0 radical (unpaired) electrons. The summed E-state index contributed by atoms with van der Waals surface area (Å²) < 4.78 is 23.5. The predicted molar refractivity (Wildman–Crippen MR) is 119 cm³/mol. The topological polar surface area (TPSA) is 57.9 Å². The Balaban J connectivity index is 1.69. The molecule has 154 valence electrons. The van der Waals surface area contributed by atoms with Gasteiger partial charge >= 0.3 is 5.97 Å². The SMILES string of the molecule is CCOC(=O)c1c(C)oc2ccc(OCc3c(OC)ccc4cc(Br)ccc34)cc12. The first kappa shape index (κ1) is 20.3. The summed E-state index contributed by atoms with van der Waals surface area (Å²) in [6, 6.07) is 15.5. The lowest BCUT2D eigenvalue weighted by Gasteiger charge is -2.14. The molecule has 30 heavy (non-hydrogen) atoms. The normalized spacial score (nSPS) is 11.1. The molecule has 6 heteroatoms. The fourth-order valence-corrected chi connectivity index (χ4v) is 3.97. The number of halogens is 1. The van der Waals surface area contributed by atoms with E-state index in [-0.39, 0.29) is 0 Å². The van der Waals surface area contributed by atoms with Gasteiger partial charge in [0, 0.05) is 15.4 Å². The van der Waals surface area contributed by atoms with Crippen molar-refractivity contribution in [3.8, 4) is 11.5 Å². The Morgan fingerprint density at radius 1 is 1.07 bits per heavy atom. The Morgan fingerprint density at radius 3 is 2.67 bits per heavy atom. The lowest BCUT2D eigenvalue weighted by Crippen LogP contribution is -2.05. The number of benzene rings is 3. The summed E-state index contributed by atoms with van der Waals surface area (Å²) in [5.41, 5.74) is 2.01. The second-order valence-electron chi connectivity index (χ2n) is 6.81. The molecule has 0 fully saturated rings. The van der Waals surface area contributed by atoms with Gasteiger partial charge < -0.3 is 18.6 Å². The predicted octanol–water partition coefficient (Wildman–Crippen LogP) is 6.42. The molecule has 0 spiro atoms. The molecule has 1 heterocycles. The second-order valence-corrected chi connectivity index (χ2v) is 7.73. The van der Waals surface area contributed by atoms with Crippen LogP contribution in [0, 0.1) is 6.92 Å². The summed E-state index contributed by atoms with van der Waals surface area (Å²) in [6.45, 7) is 4.16. The molecule has 1 aromatic heterocycles. The molecule has 0 aliphatic rings. The first-order valence-electron chi connectivity index (χ1n) is 9.60. The molecule has 0 amide bonds. The Labute approximate surface area is 182 Å². The molecule has 0 saturated heterocycles. The third-order valence-corrected chi connectivity index (χ3v) is 5.46. The number of furan rings is 1. The van der Waals surface area contributed by atoms with Crippen LogP contribution < -0.4 is 9.47 Å². The molecule has 0 atom stereocenters. The molecular formula is C24H21BrO5. The standard InChI is InChI=1S/C24H21BrO5/c1-4-28-24(26)23-14(2)30-22-10-7-17(12-19(22)23)29-13-20-18-8-6-16(25)11-15(18)5-9-21(20)27-3/h5-12H,4,13H2,1-3H3. The summed E-state index contributed by atoms with van der Waals surface area (Å²) in [5.74, 6) is 1.52. The van der Waals surface area contributed by atoms with Crippen LogP contribution >= 0.6 is 15.9 Å². The van der Waals surface area contributed by atoms with Gasteiger partial charge in [0.1, 0.15) is 35.0 Å². The summed E-state index contributed by atoms with van der Waals surface area (Å²) >= 11 is 3.51. The maximum Gasteiger partial charge on any atom is 0.342 e. The third kappa shape index (κ3) is 3.75. The number of methoxy groups -OCH3 is 1. The van der Waals surface area contributed by atoms with Crippen molar-refractivity contribution in [1.29, 1.82) is 0 Å². The number of esters is 1. The molecule has 0 aliphatic heterocycles. The zero-order valence-corrected chi connectivity index (χ0v) is 18.5. The van der Waals surface area contributed by atoms with E-state index in [0.29, 0.717) is 41.3 Å². The maximum absolute atomic E-state index is 12.3. The number of fused-ring (bicyclic) bond motifs is 2. The molecule has 0 N–H and O–H groups in total. The number of hydrogen-bond donors (Lipinski definition) is 0. The van der Waals surface area contributed by atoms with Gasteiger partial charge in [-0.1, -0.05) is 28.1 Å². The highest BCUT2D eigenvalue weighted by atomic mass is 79.9. The van der Waals surface area contributed by atoms with E-state index in [4.69, 9.17) is 18.6 Å². The van der Waals surface area contributed by atoms with Crippen LogP contribution in [0.25, 0.3) is 21.7 Å². The molecule has 4 aromatic rings. The van der Waals surface area contributed by atoms with E-state index in [1.165, 1.54) is 0 Å². The monoisotopic (exact) mass is 468 g/mol. The molecule has 5 nitrogen and oxygen atoms in total. The van der Waals surface area contributed by atoms with Crippen LogP contribution in [-0.4, -0.2) is 19.7 Å². The minimum atomic E-state index is -0.396. The summed E-state index contributed by atoms with van der Waals surface area (Å²) in [4.78, 5) is 12.3. The van der Waals surface area contributed by atoms with Crippen molar-refractivity contribution in [3.05, 3.63) is 69.9 Å². The highest BCUT2D eigenvalue weighted by Crippen LogP contribution is 2.33. The fourth-order valence-electron chi connectivity index (χ4n) is 3.59. The van der Waals surface area contributed by atoms with E-state index in [1.54, 1.807) is 27.0 Å². The number of aryl methyl sites for hydroxylation is 1. The highest BCUT2D eigenvalue weighted by Gasteiger charge is 2.20. The molecule has 3 aromatic carbocycles.